The molecule has 19 heavy (non-hydrogen) atoms. The Labute approximate surface area is 118 Å². The molecule has 2 aliphatic heterocycles. The molecule has 1 fully saturated rings. The van der Waals surface area contributed by atoms with E-state index in [1.165, 1.54) is 10.4 Å². The number of hydrogen-bond acceptors (Lipinski definition) is 4. The second-order valence-corrected chi connectivity index (χ2v) is 6.31. The minimum absolute atomic E-state index is 0.291. The summed E-state index contributed by atoms with van der Waals surface area (Å²) < 4.78 is 0. The van der Waals surface area contributed by atoms with Crippen LogP contribution in [0.2, 0.25) is 0 Å². The maximum atomic E-state index is 12.4. The van der Waals surface area contributed by atoms with Crippen LogP contribution >= 0.6 is 11.3 Å². The van der Waals surface area contributed by atoms with Crippen molar-refractivity contribution in [1.82, 2.24) is 15.1 Å². The fourth-order valence-electron chi connectivity index (χ4n) is 2.81. The highest BCUT2D eigenvalue weighted by Gasteiger charge is 2.23. The number of thiophene rings is 1. The SMILES string of the molecule is O=C(CN1CCCNCC1)N1CCc2sccc2C1. The van der Waals surface area contributed by atoms with Crippen LogP contribution in [-0.2, 0) is 17.8 Å². The molecular formula is C14H21N3OS. The minimum Gasteiger partial charge on any atom is -0.337 e. The number of carbonyl (C=O) groups is 1. The Hall–Kier alpha value is -0.910. The molecule has 1 amide bonds. The third-order valence-electron chi connectivity index (χ3n) is 3.95. The van der Waals surface area contributed by atoms with E-state index in [1.807, 2.05) is 16.2 Å². The highest BCUT2D eigenvalue weighted by molar-refractivity contribution is 7.10. The fraction of sp³-hybridized carbons (Fsp3) is 0.643. The van der Waals surface area contributed by atoms with Gasteiger partial charge in [0.05, 0.1) is 6.54 Å². The van der Waals surface area contributed by atoms with E-state index in [2.05, 4.69) is 21.7 Å². The summed E-state index contributed by atoms with van der Waals surface area (Å²) in [5.41, 5.74) is 1.35. The Morgan fingerprint density at radius 1 is 1.32 bits per heavy atom. The lowest BCUT2D eigenvalue weighted by Crippen LogP contribution is -2.43. The third kappa shape index (κ3) is 3.16. The van der Waals surface area contributed by atoms with Crippen molar-refractivity contribution in [2.45, 2.75) is 19.4 Å². The topological polar surface area (TPSA) is 35.6 Å². The molecule has 1 aromatic rings. The molecule has 0 atom stereocenters. The van der Waals surface area contributed by atoms with Crippen molar-refractivity contribution >= 4 is 17.2 Å². The number of fused-ring (bicyclic) bond motifs is 1. The lowest BCUT2D eigenvalue weighted by molar-refractivity contribution is -0.133. The summed E-state index contributed by atoms with van der Waals surface area (Å²) in [5.74, 6) is 0.291. The zero-order valence-corrected chi connectivity index (χ0v) is 12.0. The predicted molar refractivity (Wildman–Crippen MR) is 77.4 cm³/mol. The largest absolute Gasteiger partial charge is 0.337 e. The molecule has 3 heterocycles. The van der Waals surface area contributed by atoms with Crippen molar-refractivity contribution in [1.29, 1.82) is 0 Å². The number of amides is 1. The van der Waals surface area contributed by atoms with Gasteiger partial charge in [0.1, 0.15) is 0 Å². The fourth-order valence-corrected chi connectivity index (χ4v) is 3.70. The van der Waals surface area contributed by atoms with Gasteiger partial charge in [-0.15, -0.1) is 11.3 Å². The third-order valence-corrected chi connectivity index (χ3v) is 4.97. The number of nitrogens with zero attached hydrogens (tertiary/aromatic N) is 2. The molecule has 0 saturated carbocycles. The molecular weight excluding hydrogens is 258 g/mol. The average Bonchev–Trinajstić information content (AvgIpc) is 2.75. The molecule has 104 valence electrons. The summed E-state index contributed by atoms with van der Waals surface area (Å²) in [5, 5.41) is 5.51. The summed E-state index contributed by atoms with van der Waals surface area (Å²) in [6, 6.07) is 2.16. The molecule has 1 aromatic heterocycles. The number of rotatable bonds is 2. The van der Waals surface area contributed by atoms with Gasteiger partial charge in [0.15, 0.2) is 0 Å². The van der Waals surface area contributed by atoms with Crippen molar-refractivity contribution < 1.29 is 4.79 Å². The lowest BCUT2D eigenvalue weighted by Gasteiger charge is -2.29. The Morgan fingerprint density at radius 2 is 2.26 bits per heavy atom. The molecule has 0 aliphatic carbocycles. The van der Waals surface area contributed by atoms with E-state index in [9.17, 15) is 4.79 Å². The average molecular weight is 279 g/mol. The van der Waals surface area contributed by atoms with Gasteiger partial charge in [0.2, 0.25) is 5.91 Å². The monoisotopic (exact) mass is 279 g/mol. The van der Waals surface area contributed by atoms with Gasteiger partial charge in [-0.25, -0.2) is 0 Å². The van der Waals surface area contributed by atoms with Gasteiger partial charge in [0, 0.05) is 31.1 Å². The van der Waals surface area contributed by atoms with Crippen LogP contribution in [0, 0.1) is 0 Å². The number of nitrogens with one attached hydrogen (secondary N) is 1. The van der Waals surface area contributed by atoms with Crippen molar-refractivity contribution in [2.24, 2.45) is 0 Å². The van der Waals surface area contributed by atoms with Crippen molar-refractivity contribution in [2.75, 3.05) is 39.3 Å². The van der Waals surface area contributed by atoms with Crippen LogP contribution in [-0.4, -0.2) is 55.0 Å². The number of carbonyl (C=O) groups excluding carboxylic acids is 1. The molecule has 2 aliphatic rings. The maximum absolute atomic E-state index is 12.4. The zero-order valence-electron chi connectivity index (χ0n) is 11.2. The first-order valence-electron chi connectivity index (χ1n) is 7.09. The van der Waals surface area contributed by atoms with Crippen LogP contribution in [0.15, 0.2) is 11.4 Å². The molecule has 5 heteroatoms. The van der Waals surface area contributed by atoms with Crippen molar-refractivity contribution in [3.63, 3.8) is 0 Å². The maximum Gasteiger partial charge on any atom is 0.237 e. The molecule has 1 N–H and O–H groups in total. The molecule has 1 saturated heterocycles. The molecule has 4 nitrogen and oxygen atoms in total. The Bertz CT molecular complexity index is 438. The van der Waals surface area contributed by atoms with Crippen molar-refractivity contribution in [3.05, 3.63) is 21.9 Å². The highest BCUT2D eigenvalue weighted by atomic mass is 32.1. The van der Waals surface area contributed by atoms with Crippen LogP contribution in [0.1, 0.15) is 16.9 Å². The van der Waals surface area contributed by atoms with Crippen LogP contribution in [0.25, 0.3) is 0 Å². The molecule has 0 radical (unpaired) electrons. The summed E-state index contributed by atoms with van der Waals surface area (Å²) in [4.78, 5) is 18.1. The summed E-state index contributed by atoms with van der Waals surface area (Å²) >= 11 is 1.82. The smallest absolute Gasteiger partial charge is 0.237 e. The van der Waals surface area contributed by atoms with Crippen LogP contribution in [0.4, 0.5) is 0 Å². The van der Waals surface area contributed by atoms with E-state index in [0.29, 0.717) is 12.5 Å². The second kappa shape index (κ2) is 6.03. The normalized spacial score (nSPS) is 20.9. The zero-order chi connectivity index (χ0) is 13.1. The van der Waals surface area contributed by atoms with Gasteiger partial charge in [-0.3, -0.25) is 9.69 Å². The van der Waals surface area contributed by atoms with E-state index in [4.69, 9.17) is 0 Å². The van der Waals surface area contributed by atoms with Crippen LogP contribution in [0.5, 0.6) is 0 Å². The first kappa shape index (κ1) is 13.1. The second-order valence-electron chi connectivity index (χ2n) is 5.31. The summed E-state index contributed by atoms with van der Waals surface area (Å²) in [6.07, 6.45) is 2.17. The van der Waals surface area contributed by atoms with Gasteiger partial charge in [-0.1, -0.05) is 0 Å². The molecule has 0 unspecified atom stereocenters. The first-order valence-corrected chi connectivity index (χ1v) is 7.97. The standard InChI is InChI=1S/C14H21N3OS/c18-14(11-16-6-1-4-15-5-8-16)17-7-2-13-12(10-17)3-9-19-13/h3,9,15H,1-2,4-8,10-11H2. The quantitative estimate of drug-likeness (QED) is 0.875. The molecule has 3 rings (SSSR count). The van der Waals surface area contributed by atoms with Crippen LogP contribution < -0.4 is 5.32 Å². The molecule has 0 bridgehead atoms. The predicted octanol–water partition coefficient (Wildman–Crippen LogP) is 0.928. The summed E-state index contributed by atoms with van der Waals surface area (Å²) in [7, 11) is 0. The van der Waals surface area contributed by atoms with Gasteiger partial charge in [0.25, 0.3) is 0 Å². The van der Waals surface area contributed by atoms with E-state index < -0.39 is 0 Å². The number of hydrogen-bond donors (Lipinski definition) is 1. The first-order chi connectivity index (χ1) is 9.33. The molecule has 0 spiro atoms. The van der Waals surface area contributed by atoms with E-state index in [-0.39, 0.29) is 0 Å². The van der Waals surface area contributed by atoms with Crippen molar-refractivity contribution in [3.8, 4) is 0 Å². The Kier molecular flexibility index (Phi) is 4.15. The van der Waals surface area contributed by atoms with Gasteiger partial charge in [-0.2, -0.15) is 0 Å². The molecule has 0 aromatic carbocycles. The minimum atomic E-state index is 0.291. The lowest BCUT2D eigenvalue weighted by atomic mass is 10.1. The van der Waals surface area contributed by atoms with E-state index >= 15 is 0 Å². The van der Waals surface area contributed by atoms with E-state index in [0.717, 1.165) is 52.1 Å². The highest BCUT2D eigenvalue weighted by Crippen LogP contribution is 2.24. The van der Waals surface area contributed by atoms with Gasteiger partial charge in [-0.05, 0) is 42.9 Å². The summed E-state index contributed by atoms with van der Waals surface area (Å²) in [6.45, 7) is 6.39. The Morgan fingerprint density at radius 3 is 3.21 bits per heavy atom. The van der Waals surface area contributed by atoms with E-state index in [1.54, 1.807) is 0 Å². The van der Waals surface area contributed by atoms with Crippen LogP contribution in [0.3, 0.4) is 0 Å². The van der Waals surface area contributed by atoms with Gasteiger partial charge < -0.3 is 10.2 Å². The van der Waals surface area contributed by atoms with Gasteiger partial charge >= 0.3 is 0 Å². The Balaban J connectivity index is 1.56.